The van der Waals surface area contributed by atoms with Crippen molar-refractivity contribution in [3.05, 3.63) is 164 Å². The highest BCUT2D eigenvalue weighted by Gasteiger charge is 2.20. The van der Waals surface area contributed by atoms with Gasteiger partial charge in [0.1, 0.15) is 17.0 Å². The van der Waals surface area contributed by atoms with Crippen LogP contribution >= 0.6 is 0 Å². The lowest BCUT2D eigenvalue weighted by molar-refractivity contribution is 0.411. The first-order valence-corrected chi connectivity index (χ1v) is 18.3. The van der Waals surface area contributed by atoms with Gasteiger partial charge in [-0.05, 0) is 99.0 Å². The Morgan fingerprint density at radius 2 is 1.28 bits per heavy atom. The standard InChI is InChI=1S/C49H37N3O/c1-49(2,3)30-31-18-20-32(21-19-31)33-24-26-50-42(27-33)41-29-40-35(13-10-14-38(40)47-39-12-5-7-16-45(39)53-48(41)47)34-22-23-37-36-11-4-6-15-43(36)52(44(37)28-34)46-17-8-9-25-51-46/h4-29H,30H2,1-3H3. The van der Waals surface area contributed by atoms with Crippen molar-refractivity contribution in [2.75, 3.05) is 0 Å². The summed E-state index contributed by atoms with van der Waals surface area (Å²) in [4.78, 5) is 9.74. The Balaban J connectivity index is 1.20. The van der Waals surface area contributed by atoms with Crippen LogP contribution in [0, 0.1) is 5.41 Å². The van der Waals surface area contributed by atoms with E-state index in [1.807, 2.05) is 30.6 Å². The third kappa shape index (κ3) is 5.29. The number of aromatic nitrogens is 3. The normalized spacial score (nSPS) is 12.1. The van der Waals surface area contributed by atoms with Gasteiger partial charge in [0, 0.05) is 39.5 Å². The molecule has 0 atom stereocenters. The van der Waals surface area contributed by atoms with Crippen molar-refractivity contribution in [1.82, 2.24) is 14.5 Å². The summed E-state index contributed by atoms with van der Waals surface area (Å²) in [5, 5.41) is 6.93. The summed E-state index contributed by atoms with van der Waals surface area (Å²) < 4.78 is 8.98. The lowest BCUT2D eigenvalue weighted by Gasteiger charge is -2.18. The second kappa shape index (κ2) is 12.0. The Kier molecular flexibility index (Phi) is 7.09. The van der Waals surface area contributed by atoms with Crippen LogP contribution in [0.15, 0.2) is 162 Å². The average molecular weight is 684 g/mol. The number of fused-ring (bicyclic) bond motifs is 8. The molecule has 0 unspecified atom stereocenters. The molecular weight excluding hydrogens is 647 g/mol. The molecule has 53 heavy (non-hydrogen) atoms. The van der Waals surface area contributed by atoms with E-state index in [1.165, 1.54) is 21.9 Å². The molecule has 4 nitrogen and oxygen atoms in total. The number of benzene rings is 6. The van der Waals surface area contributed by atoms with E-state index in [4.69, 9.17) is 14.4 Å². The van der Waals surface area contributed by atoms with Crippen molar-refractivity contribution in [2.24, 2.45) is 5.41 Å². The monoisotopic (exact) mass is 683 g/mol. The fraction of sp³-hybridized carbons (Fsp3) is 0.102. The lowest BCUT2D eigenvalue weighted by Crippen LogP contribution is -2.08. The summed E-state index contributed by atoms with van der Waals surface area (Å²) in [5.41, 5.74) is 12.0. The molecule has 0 saturated carbocycles. The first-order chi connectivity index (χ1) is 25.9. The fourth-order valence-electron chi connectivity index (χ4n) is 8.15. The fourth-order valence-corrected chi connectivity index (χ4v) is 8.15. The zero-order valence-corrected chi connectivity index (χ0v) is 30.0. The smallest absolute Gasteiger partial charge is 0.145 e. The SMILES string of the molecule is CC(C)(C)Cc1ccc(-c2ccnc(-c3cc4c(-c5ccc6c7ccccc7n(-c7ccccn7)c6c5)cccc4c4c3oc3ccccc34)c2)cc1. The molecule has 254 valence electrons. The molecule has 10 aromatic rings. The van der Waals surface area contributed by atoms with Crippen molar-refractivity contribution in [2.45, 2.75) is 27.2 Å². The van der Waals surface area contributed by atoms with Crippen molar-refractivity contribution < 1.29 is 4.42 Å². The van der Waals surface area contributed by atoms with Gasteiger partial charge < -0.3 is 4.42 Å². The second-order valence-electron chi connectivity index (χ2n) is 15.3. The molecule has 0 fully saturated rings. The Morgan fingerprint density at radius 3 is 2.11 bits per heavy atom. The molecule has 4 heteroatoms. The molecule has 0 radical (unpaired) electrons. The predicted molar refractivity (Wildman–Crippen MR) is 221 cm³/mol. The Labute approximate surface area is 308 Å². The van der Waals surface area contributed by atoms with Gasteiger partial charge in [-0.25, -0.2) is 4.98 Å². The van der Waals surface area contributed by atoms with E-state index >= 15 is 0 Å². The number of pyridine rings is 2. The van der Waals surface area contributed by atoms with Gasteiger partial charge >= 0.3 is 0 Å². The largest absolute Gasteiger partial charge is 0.455 e. The second-order valence-corrected chi connectivity index (χ2v) is 15.3. The maximum absolute atomic E-state index is 6.71. The first kappa shape index (κ1) is 31.2. The quantitative estimate of drug-likeness (QED) is 0.181. The molecule has 0 aliphatic heterocycles. The number of para-hydroxylation sites is 2. The number of furan rings is 1. The zero-order chi connectivity index (χ0) is 35.7. The van der Waals surface area contributed by atoms with Crippen LogP contribution in [0.4, 0.5) is 0 Å². The zero-order valence-electron chi connectivity index (χ0n) is 30.0. The molecule has 0 saturated heterocycles. The van der Waals surface area contributed by atoms with Crippen LogP contribution in [0.3, 0.4) is 0 Å². The minimum Gasteiger partial charge on any atom is -0.455 e. The number of nitrogens with zero attached hydrogens (tertiary/aromatic N) is 3. The molecule has 0 bridgehead atoms. The van der Waals surface area contributed by atoms with Crippen molar-refractivity contribution in [1.29, 1.82) is 0 Å². The predicted octanol–water partition coefficient (Wildman–Crippen LogP) is 13.2. The van der Waals surface area contributed by atoms with Crippen molar-refractivity contribution >= 4 is 54.5 Å². The van der Waals surface area contributed by atoms with Crippen LogP contribution in [0.2, 0.25) is 0 Å². The van der Waals surface area contributed by atoms with E-state index in [0.717, 1.165) is 83.9 Å². The summed E-state index contributed by atoms with van der Waals surface area (Å²) in [7, 11) is 0. The number of hydrogen-bond acceptors (Lipinski definition) is 3. The van der Waals surface area contributed by atoms with Crippen molar-refractivity contribution in [3.63, 3.8) is 0 Å². The van der Waals surface area contributed by atoms with E-state index in [-0.39, 0.29) is 5.41 Å². The number of hydrogen-bond donors (Lipinski definition) is 0. The topological polar surface area (TPSA) is 43.9 Å². The summed E-state index contributed by atoms with van der Waals surface area (Å²) in [6.07, 6.45) is 4.82. The van der Waals surface area contributed by atoms with Crippen LogP contribution in [-0.2, 0) is 6.42 Å². The molecule has 0 aliphatic carbocycles. The summed E-state index contributed by atoms with van der Waals surface area (Å²) in [5.74, 6) is 0.900. The van der Waals surface area contributed by atoms with Gasteiger partial charge in [-0.2, -0.15) is 0 Å². The first-order valence-electron chi connectivity index (χ1n) is 18.3. The van der Waals surface area contributed by atoms with Crippen LogP contribution in [0.5, 0.6) is 0 Å². The van der Waals surface area contributed by atoms with E-state index in [2.05, 4.69) is 153 Å². The van der Waals surface area contributed by atoms with Crippen LogP contribution in [0.25, 0.3) is 93.8 Å². The van der Waals surface area contributed by atoms with E-state index in [1.54, 1.807) is 0 Å². The third-order valence-corrected chi connectivity index (χ3v) is 10.4. The van der Waals surface area contributed by atoms with Gasteiger partial charge in [0.25, 0.3) is 0 Å². The maximum atomic E-state index is 6.71. The molecule has 4 aromatic heterocycles. The summed E-state index contributed by atoms with van der Waals surface area (Å²) >= 11 is 0. The van der Waals surface area contributed by atoms with Crippen molar-refractivity contribution in [3.8, 4) is 39.3 Å². The van der Waals surface area contributed by atoms with E-state index < -0.39 is 0 Å². The highest BCUT2D eigenvalue weighted by Crippen LogP contribution is 2.44. The van der Waals surface area contributed by atoms with Gasteiger partial charge in [0.15, 0.2) is 0 Å². The van der Waals surface area contributed by atoms with Gasteiger partial charge in [0.2, 0.25) is 0 Å². The minimum atomic E-state index is 0.238. The highest BCUT2D eigenvalue weighted by molar-refractivity contribution is 6.24. The molecule has 0 amide bonds. The van der Waals surface area contributed by atoms with E-state index in [9.17, 15) is 0 Å². The maximum Gasteiger partial charge on any atom is 0.145 e. The molecule has 10 rings (SSSR count). The highest BCUT2D eigenvalue weighted by atomic mass is 16.3. The van der Waals surface area contributed by atoms with Gasteiger partial charge in [-0.15, -0.1) is 0 Å². The lowest BCUT2D eigenvalue weighted by atomic mass is 9.87. The van der Waals surface area contributed by atoms with Gasteiger partial charge in [0.05, 0.1) is 16.7 Å². The van der Waals surface area contributed by atoms with Gasteiger partial charge in [-0.1, -0.05) is 118 Å². The molecule has 0 aliphatic rings. The minimum absolute atomic E-state index is 0.238. The average Bonchev–Trinajstić information content (AvgIpc) is 3.74. The molecule has 6 aromatic carbocycles. The summed E-state index contributed by atoms with van der Waals surface area (Å²) in [6.45, 7) is 6.85. The molecule has 4 heterocycles. The summed E-state index contributed by atoms with van der Waals surface area (Å²) in [6, 6.07) is 52.0. The van der Waals surface area contributed by atoms with Crippen LogP contribution in [-0.4, -0.2) is 14.5 Å². The number of rotatable bonds is 5. The Bertz CT molecular complexity index is 3000. The molecule has 0 N–H and O–H groups in total. The van der Waals surface area contributed by atoms with Crippen LogP contribution in [0.1, 0.15) is 26.3 Å². The van der Waals surface area contributed by atoms with E-state index in [0.29, 0.717) is 0 Å². The molecular formula is C49H37N3O. The van der Waals surface area contributed by atoms with Gasteiger partial charge in [-0.3, -0.25) is 9.55 Å². The van der Waals surface area contributed by atoms with Crippen LogP contribution < -0.4 is 0 Å². The molecule has 0 spiro atoms. The third-order valence-electron chi connectivity index (χ3n) is 10.4. The Hall–Kier alpha value is -6.52. The Morgan fingerprint density at radius 1 is 0.528 bits per heavy atom.